The second-order valence-electron chi connectivity index (χ2n) is 6.40. The van der Waals surface area contributed by atoms with E-state index in [0.717, 1.165) is 17.8 Å². The van der Waals surface area contributed by atoms with Crippen LogP contribution in [0.2, 0.25) is 0 Å². The first-order chi connectivity index (χ1) is 13.8. The normalized spacial score (nSPS) is 12.8. The molecular formula is C20H15F3N4OS. The van der Waals surface area contributed by atoms with E-state index in [0.29, 0.717) is 9.39 Å². The lowest BCUT2D eigenvalue weighted by Crippen LogP contribution is -2.26. The zero-order valence-corrected chi connectivity index (χ0v) is 16.0. The van der Waals surface area contributed by atoms with Gasteiger partial charge in [0.25, 0.3) is 5.91 Å². The number of carbonyl (C=O) groups is 1. The van der Waals surface area contributed by atoms with Gasteiger partial charge in [-0.25, -0.2) is 9.50 Å². The number of rotatable bonds is 4. The van der Waals surface area contributed by atoms with Crippen LogP contribution in [-0.4, -0.2) is 20.5 Å². The summed E-state index contributed by atoms with van der Waals surface area (Å²) in [5.41, 5.74) is -0.121. The fourth-order valence-electron chi connectivity index (χ4n) is 2.97. The first-order valence-electron chi connectivity index (χ1n) is 8.70. The first kappa shape index (κ1) is 19.1. The van der Waals surface area contributed by atoms with Crippen molar-refractivity contribution < 1.29 is 18.0 Å². The lowest BCUT2D eigenvalue weighted by molar-refractivity contribution is -0.142. The summed E-state index contributed by atoms with van der Waals surface area (Å²) in [7, 11) is 0. The van der Waals surface area contributed by atoms with Crippen molar-refractivity contribution >= 4 is 22.9 Å². The van der Waals surface area contributed by atoms with E-state index in [9.17, 15) is 18.0 Å². The quantitative estimate of drug-likeness (QED) is 0.511. The van der Waals surface area contributed by atoms with Crippen molar-refractivity contribution in [2.45, 2.75) is 19.1 Å². The van der Waals surface area contributed by atoms with Crippen LogP contribution in [0.25, 0.3) is 16.2 Å². The van der Waals surface area contributed by atoms with Crippen molar-refractivity contribution in [1.29, 1.82) is 0 Å². The standard InChI is InChI=1S/C20H15F3N4OS/c1-12(13-6-3-2-4-7-13)25-19(28)14-11-24-27-17(20(21,22)23)10-15(26-18(14)27)16-8-5-9-29-16/h2-12H,1H3,(H,25,28). The van der Waals surface area contributed by atoms with E-state index in [4.69, 9.17) is 0 Å². The van der Waals surface area contributed by atoms with E-state index in [2.05, 4.69) is 15.4 Å². The number of hydrogen-bond donors (Lipinski definition) is 1. The van der Waals surface area contributed by atoms with Crippen LogP contribution < -0.4 is 5.32 Å². The van der Waals surface area contributed by atoms with Crippen LogP contribution in [0.3, 0.4) is 0 Å². The minimum absolute atomic E-state index is 0.0170. The average molecular weight is 416 g/mol. The summed E-state index contributed by atoms with van der Waals surface area (Å²) >= 11 is 1.27. The van der Waals surface area contributed by atoms with Crippen LogP contribution in [-0.2, 0) is 6.18 Å². The largest absolute Gasteiger partial charge is 0.433 e. The third-order valence-corrected chi connectivity index (χ3v) is 5.32. The predicted octanol–water partition coefficient (Wildman–Crippen LogP) is 4.97. The second-order valence-corrected chi connectivity index (χ2v) is 7.35. The Morgan fingerprint density at radius 1 is 1.17 bits per heavy atom. The highest BCUT2D eigenvalue weighted by atomic mass is 32.1. The molecule has 5 nitrogen and oxygen atoms in total. The molecule has 1 atom stereocenters. The molecule has 0 bridgehead atoms. The second kappa shape index (κ2) is 7.32. The zero-order valence-electron chi connectivity index (χ0n) is 15.1. The molecule has 0 fully saturated rings. The minimum atomic E-state index is -4.65. The van der Waals surface area contributed by atoms with Crippen LogP contribution in [0, 0.1) is 0 Å². The number of alkyl halides is 3. The fraction of sp³-hybridized carbons (Fsp3) is 0.150. The molecule has 1 amide bonds. The van der Waals surface area contributed by atoms with E-state index < -0.39 is 17.8 Å². The maximum Gasteiger partial charge on any atom is 0.433 e. The van der Waals surface area contributed by atoms with Gasteiger partial charge in [0.1, 0.15) is 5.56 Å². The van der Waals surface area contributed by atoms with Crippen molar-refractivity contribution in [3.05, 3.63) is 76.9 Å². The van der Waals surface area contributed by atoms with Gasteiger partial charge in [0.15, 0.2) is 11.3 Å². The Morgan fingerprint density at radius 3 is 2.59 bits per heavy atom. The van der Waals surface area contributed by atoms with Crippen molar-refractivity contribution in [1.82, 2.24) is 19.9 Å². The number of fused-ring (bicyclic) bond motifs is 1. The van der Waals surface area contributed by atoms with Crippen LogP contribution >= 0.6 is 11.3 Å². The lowest BCUT2D eigenvalue weighted by Gasteiger charge is -2.14. The molecule has 0 spiro atoms. The van der Waals surface area contributed by atoms with Gasteiger partial charge in [0.05, 0.1) is 22.8 Å². The molecule has 1 N–H and O–H groups in total. The summed E-state index contributed by atoms with van der Waals surface area (Å²) in [4.78, 5) is 17.7. The molecule has 0 saturated carbocycles. The van der Waals surface area contributed by atoms with Gasteiger partial charge in [-0.1, -0.05) is 36.4 Å². The molecule has 0 aliphatic carbocycles. The molecular weight excluding hydrogens is 401 g/mol. The van der Waals surface area contributed by atoms with Gasteiger partial charge in [-0.2, -0.15) is 18.3 Å². The average Bonchev–Trinajstić information content (AvgIpc) is 3.37. The molecule has 3 aromatic heterocycles. The molecule has 148 valence electrons. The Hall–Kier alpha value is -3.20. The van der Waals surface area contributed by atoms with Crippen molar-refractivity contribution in [2.24, 2.45) is 0 Å². The Balaban J connectivity index is 1.77. The smallest absolute Gasteiger partial charge is 0.345 e. The van der Waals surface area contributed by atoms with E-state index in [-0.39, 0.29) is 22.9 Å². The van der Waals surface area contributed by atoms with Crippen LogP contribution in [0.15, 0.2) is 60.1 Å². The molecule has 0 aliphatic rings. The summed E-state index contributed by atoms with van der Waals surface area (Å²) in [6, 6.07) is 13.3. The SMILES string of the molecule is CC(NC(=O)c1cnn2c(C(F)(F)F)cc(-c3cccs3)nc12)c1ccccc1. The molecule has 1 unspecified atom stereocenters. The van der Waals surface area contributed by atoms with E-state index in [1.54, 1.807) is 24.4 Å². The van der Waals surface area contributed by atoms with Gasteiger partial charge in [-0.05, 0) is 30.0 Å². The number of benzene rings is 1. The van der Waals surface area contributed by atoms with Crippen molar-refractivity contribution in [2.75, 3.05) is 0 Å². The number of amides is 1. The highest BCUT2D eigenvalue weighted by molar-refractivity contribution is 7.13. The van der Waals surface area contributed by atoms with Gasteiger partial charge >= 0.3 is 6.18 Å². The van der Waals surface area contributed by atoms with E-state index in [1.165, 1.54) is 11.3 Å². The van der Waals surface area contributed by atoms with Gasteiger partial charge in [0, 0.05) is 0 Å². The van der Waals surface area contributed by atoms with Gasteiger partial charge in [-0.15, -0.1) is 11.3 Å². The fourth-order valence-corrected chi connectivity index (χ4v) is 3.66. The molecule has 4 rings (SSSR count). The molecule has 0 radical (unpaired) electrons. The Morgan fingerprint density at radius 2 is 1.93 bits per heavy atom. The Bertz CT molecular complexity index is 1150. The molecule has 0 saturated heterocycles. The molecule has 0 aliphatic heterocycles. The number of halogens is 3. The molecule has 29 heavy (non-hydrogen) atoms. The van der Waals surface area contributed by atoms with Crippen LogP contribution in [0.5, 0.6) is 0 Å². The first-order valence-corrected chi connectivity index (χ1v) is 9.58. The monoisotopic (exact) mass is 416 g/mol. The van der Waals surface area contributed by atoms with Crippen LogP contribution in [0.4, 0.5) is 13.2 Å². The predicted molar refractivity (Wildman–Crippen MR) is 104 cm³/mol. The maximum absolute atomic E-state index is 13.6. The van der Waals surface area contributed by atoms with Gasteiger partial charge < -0.3 is 5.32 Å². The highest BCUT2D eigenvalue weighted by Gasteiger charge is 2.36. The number of nitrogens with one attached hydrogen (secondary N) is 1. The van der Waals surface area contributed by atoms with Gasteiger partial charge in [0.2, 0.25) is 0 Å². The summed E-state index contributed by atoms with van der Waals surface area (Å²) < 4.78 is 41.5. The Kier molecular flexibility index (Phi) is 4.83. The van der Waals surface area contributed by atoms with Crippen LogP contribution in [0.1, 0.15) is 34.6 Å². The van der Waals surface area contributed by atoms with Gasteiger partial charge in [-0.3, -0.25) is 4.79 Å². The third kappa shape index (κ3) is 3.73. The summed E-state index contributed by atoms with van der Waals surface area (Å²) in [5, 5.41) is 8.33. The van der Waals surface area contributed by atoms with E-state index >= 15 is 0 Å². The lowest BCUT2D eigenvalue weighted by atomic mass is 10.1. The number of thiophene rings is 1. The number of aromatic nitrogens is 3. The number of nitrogens with zero attached hydrogens (tertiary/aromatic N) is 3. The topological polar surface area (TPSA) is 59.3 Å². The summed E-state index contributed by atoms with van der Waals surface area (Å²) in [5.74, 6) is -0.541. The number of carbonyl (C=O) groups excluding carboxylic acids is 1. The number of hydrogen-bond acceptors (Lipinski definition) is 4. The summed E-state index contributed by atoms with van der Waals surface area (Å²) in [6.45, 7) is 1.80. The summed E-state index contributed by atoms with van der Waals surface area (Å²) in [6.07, 6.45) is -3.53. The highest BCUT2D eigenvalue weighted by Crippen LogP contribution is 2.33. The van der Waals surface area contributed by atoms with Crippen molar-refractivity contribution in [3.63, 3.8) is 0 Å². The molecule has 9 heteroatoms. The zero-order chi connectivity index (χ0) is 20.6. The molecule has 3 heterocycles. The maximum atomic E-state index is 13.6. The molecule has 1 aromatic carbocycles. The van der Waals surface area contributed by atoms with E-state index in [1.807, 2.05) is 30.3 Å². The minimum Gasteiger partial charge on any atom is -0.345 e. The third-order valence-electron chi connectivity index (χ3n) is 4.43. The molecule has 4 aromatic rings. The van der Waals surface area contributed by atoms with Crippen molar-refractivity contribution in [3.8, 4) is 10.6 Å². The Labute approximate surface area is 167 Å².